The molecule has 9 heteroatoms. The summed E-state index contributed by atoms with van der Waals surface area (Å²) >= 11 is 8.96. The average Bonchev–Trinajstić information content (AvgIpc) is 2.50. The molecular weight excluding hydrogens is 396 g/mol. The van der Waals surface area contributed by atoms with Crippen molar-refractivity contribution in [2.24, 2.45) is 5.92 Å². The van der Waals surface area contributed by atoms with E-state index in [-0.39, 0.29) is 29.2 Å². The maximum atomic E-state index is 12.6. The molecular formula is C13H16BrClN2O4S. The quantitative estimate of drug-likeness (QED) is 0.562. The average molecular weight is 412 g/mol. The molecule has 1 aromatic rings. The molecule has 6 nitrogen and oxygen atoms in total. The van der Waals surface area contributed by atoms with Crippen LogP contribution in [0.25, 0.3) is 0 Å². The SMILES string of the molecule is CCOC(=O)[C@@H]1CCCN(S(=O)(=O)c2cnc(Cl)c(Br)c2)C1. The Morgan fingerprint density at radius 1 is 1.59 bits per heavy atom. The Morgan fingerprint density at radius 2 is 2.32 bits per heavy atom. The molecule has 1 fully saturated rings. The summed E-state index contributed by atoms with van der Waals surface area (Å²) in [4.78, 5) is 15.7. The minimum absolute atomic E-state index is 0.0493. The summed E-state index contributed by atoms with van der Waals surface area (Å²) in [6.07, 6.45) is 2.47. The zero-order valence-electron chi connectivity index (χ0n) is 12.0. The largest absolute Gasteiger partial charge is 0.466 e. The van der Waals surface area contributed by atoms with Crippen molar-refractivity contribution in [2.75, 3.05) is 19.7 Å². The summed E-state index contributed by atoms with van der Waals surface area (Å²) in [7, 11) is -3.71. The van der Waals surface area contributed by atoms with Gasteiger partial charge in [-0.25, -0.2) is 13.4 Å². The number of carbonyl (C=O) groups is 1. The van der Waals surface area contributed by atoms with Gasteiger partial charge < -0.3 is 4.74 Å². The van der Waals surface area contributed by atoms with Crippen LogP contribution in [0.15, 0.2) is 21.6 Å². The molecule has 1 aliphatic heterocycles. The van der Waals surface area contributed by atoms with Crippen LogP contribution in [0.2, 0.25) is 5.15 Å². The van der Waals surface area contributed by atoms with Gasteiger partial charge in [-0.1, -0.05) is 11.6 Å². The first-order valence-electron chi connectivity index (χ1n) is 6.84. The molecule has 0 bridgehead atoms. The molecule has 1 aromatic heterocycles. The number of sulfonamides is 1. The number of nitrogens with zero attached hydrogens (tertiary/aromatic N) is 2. The van der Waals surface area contributed by atoms with Gasteiger partial charge in [0.05, 0.1) is 17.0 Å². The van der Waals surface area contributed by atoms with Gasteiger partial charge in [0.1, 0.15) is 10.0 Å². The van der Waals surface area contributed by atoms with Crippen molar-refractivity contribution in [3.05, 3.63) is 21.9 Å². The van der Waals surface area contributed by atoms with Gasteiger partial charge >= 0.3 is 5.97 Å². The molecule has 0 spiro atoms. The summed E-state index contributed by atoms with van der Waals surface area (Å²) in [6.45, 7) is 2.52. The van der Waals surface area contributed by atoms with E-state index >= 15 is 0 Å². The number of hydrogen-bond donors (Lipinski definition) is 0. The lowest BCUT2D eigenvalue weighted by Gasteiger charge is -2.30. The highest BCUT2D eigenvalue weighted by atomic mass is 79.9. The molecule has 2 heterocycles. The summed E-state index contributed by atoms with van der Waals surface area (Å²) in [6, 6.07) is 1.42. The fraction of sp³-hybridized carbons (Fsp3) is 0.538. The minimum atomic E-state index is -3.71. The molecule has 0 radical (unpaired) electrons. The first-order chi connectivity index (χ1) is 10.4. The molecule has 0 aliphatic carbocycles. The molecule has 22 heavy (non-hydrogen) atoms. The third kappa shape index (κ3) is 3.79. The lowest BCUT2D eigenvalue weighted by Crippen LogP contribution is -2.42. The minimum Gasteiger partial charge on any atom is -0.466 e. The number of pyridine rings is 1. The van der Waals surface area contributed by atoms with Crippen molar-refractivity contribution >= 4 is 43.5 Å². The van der Waals surface area contributed by atoms with E-state index in [1.807, 2.05) is 0 Å². The predicted molar refractivity (Wildman–Crippen MR) is 85.1 cm³/mol. The number of piperidine rings is 1. The van der Waals surface area contributed by atoms with E-state index in [4.69, 9.17) is 16.3 Å². The lowest BCUT2D eigenvalue weighted by atomic mass is 10.0. The van der Waals surface area contributed by atoms with Gasteiger partial charge in [0, 0.05) is 19.3 Å². The molecule has 1 saturated heterocycles. The van der Waals surface area contributed by atoms with Crippen molar-refractivity contribution in [2.45, 2.75) is 24.7 Å². The van der Waals surface area contributed by atoms with Crippen LogP contribution in [0.5, 0.6) is 0 Å². The number of rotatable bonds is 4. The second kappa shape index (κ2) is 7.25. The first kappa shape index (κ1) is 17.7. The molecule has 1 atom stereocenters. The molecule has 0 amide bonds. The van der Waals surface area contributed by atoms with E-state index < -0.39 is 15.9 Å². The number of esters is 1. The van der Waals surface area contributed by atoms with E-state index in [0.29, 0.717) is 23.9 Å². The zero-order valence-corrected chi connectivity index (χ0v) is 15.1. The van der Waals surface area contributed by atoms with Gasteiger partial charge in [-0.05, 0) is 41.8 Å². The van der Waals surface area contributed by atoms with Gasteiger partial charge in [0.2, 0.25) is 10.0 Å². The van der Waals surface area contributed by atoms with Crippen LogP contribution in [0, 0.1) is 5.92 Å². The van der Waals surface area contributed by atoms with E-state index in [9.17, 15) is 13.2 Å². The van der Waals surface area contributed by atoms with Gasteiger partial charge in [0.25, 0.3) is 0 Å². The zero-order chi connectivity index (χ0) is 16.3. The Labute approximate surface area is 143 Å². The smallest absolute Gasteiger partial charge is 0.310 e. The molecule has 122 valence electrons. The van der Waals surface area contributed by atoms with Crippen LogP contribution < -0.4 is 0 Å². The second-order valence-electron chi connectivity index (χ2n) is 4.90. The Hall–Kier alpha value is -0.700. The summed E-state index contributed by atoms with van der Waals surface area (Å²) in [5.74, 6) is -0.773. The van der Waals surface area contributed by atoms with Gasteiger partial charge in [-0.2, -0.15) is 4.31 Å². The highest BCUT2D eigenvalue weighted by Gasteiger charge is 2.34. The number of halogens is 2. The van der Waals surface area contributed by atoms with E-state index in [1.54, 1.807) is 6.92 Å². The molecule has 0 saturated carbocycles. The molecule has 2 rings (SSSR count). The monoisotopic (exact) mass is 410 g/mol. The number of aromatic nitrogens is 1. The molecule has 0 N–H and O–H groups in total. The lowest BCUT2D eigenvalue weighted by molar-refractivity contribution is -0.149. The Balaban J connectivity index is 2.21. The fourth-order valence-corrected chi connectivity index (χ4v) is 4.41. The molecule has 1 aliphatic rings. The van der Waals surface area contributed by atoms with Crippen molar-refractivity contribution < 1.29 is 17.9 Å². The van der Waals surface area contributed by atoms with Crippen LogP contribution in [-0.2, 0) is 19.6 Å². The number of carbonyl (C=O) groups excluding carboxylic acids is 1. The Kier molecular flexibility index (Phi) is 5.81. The maximum Gasteiger partial charge on any atom is 0.310 e. The molecule has 0 aromatic carbocycles. The Bertz CT molecular complexity index is 668. The van der Waals surface area contributed by atoms with Crippen molar-refractivity contribution in [3.63, 3.8) is 0 Å². The van der Waals surface area contributed by atoms with Gasteiger partial charge in [0.15, 0.2) is 0 Å². The van der Waals surface area contributed by atoms with Gasteiger partial charge in [-0.15, -0.1) is 0 Å². The van der Waals surface area contributed by atoms with Crippen LogP contribution in [-0.4, -0.2) is 43.4 Å². The topological polar surface area (TPSA) is 76.6 Å². The van der Waals surface area contributed by atoms with Gasteiger partial charge in [-0.3, -0.25) is 4.79 Å². The molecule has 0 unspecified atom stereocenters. The highest BCUT2D eigenvalue weighted by molar-refractivity contribution is 9.10. The van der Waals surface area contributed by atoms with Crippen molar-refractivity contribution in [1.82, 2.24) is 9.29 Å². The highest BCUT2D eigenvalue weighted by Crippen LogP contribution is 2.27. The third-order valence-corrected chi connectivity index (χ3v) is 6.38. The van der Waals surface area contributed by atoms with Crippen molar-refractivity contribution in [1.29, 1.82) is 0 Å². The first-order valence-corrected chi connectivity index (χ1v) is 9.45. The predicted octanol–water partition coefficient (Wildman–Crippen LogP) is 2.46. The van der Waals surface area contributed by atoms with Crippen LogP contribution in [0.1, 0.15) is 19.8 Å². The van der Waals surface area contributed by atoms with E-state index in [1.165, 1.54) is 16.6 Å². The summed E-state index contributed by atoms with van der Waals surface area (Å²) in [5, 5.41) is 0.196. The normalized spacial score (nSPS) is 19.9. The number of hydrogen-bond acceptors (Lipinski definition) is 5. The number of ether oxygens (including phenoxy) is 1. The van der Waals surface area contributed by atoms with Crippen LogP contribution >= 0.6 is 27.5 Å². The Morgan fingerprint density at radius 3 is 2.95 bits per heavy atom. The van der Waals surface area contributed by atoms with E-state index in [0.717, 1.165) is 0 Å². The fourth-order valence-electron chi connectivity index (χ4n) is 2.31. The third-order valence-electron chi connectivity index (χ3n) is 3.41. The maximum absolute atomic E-state index is 12.6. The standard InChI is InChI=1S/C13H16BrClN2O4S/c1-2-21-13(18)9-4-3-5-17(8-9)22(19,20)10-6-11(14)12(15)16-7-10/h6-7,9H,2-5,8H2,1H3/t9-/m1/s1. The van der Waals surface area contributed by atoms with Crippen molar-refractivity contribution in [3.8, 4) is 0 Å². The van der Waals surface area contributed by atoms with Crippen LogP contribution in [0.3, 0.4) is 0 Å². The summed E-state index contributed by atoms with van der Waals surface area (Å²) in [5.41, 5.74) is 0. The summed E-state index contributed by atoms with van der Waals surface area (Å²) < 4.78 is 32.0. The second-order valence-corrected chi connectivity index (χ2v) is 8.05. The van der Waals surface area contributed by atoms with E-state index in [2.05, 4.69) is 20.9 Å². The van der Waals surface area contributed by atoms with Crippen LogP contribution in [0.4, 0.5) is 0 Å².